The molecule has 130 valence electrons. The Hall–Kier alpha value is -2.91. The van der Waals surface area contributed by atoms with Gasteiger partial charge in [-0.15, -0.1) is 0 Å². The van der Waals surface area contributed by atoms with E-state index in [1.807, 2.05) is 0 Å². The molecule has 0 unspecified atom stereocenters. The van der Waals surface area contributed by atoms with Gasteiger partial charge in [0.15, 0.2) is 11.2 Å². The van der Waals surface area contributed by atoms with E-state index in [2.05, 4.69) is 15.5 Å². The number of hydrazone groups is 1. The molecule has 0 aliphatic heterocycles. The molecule has 24 heavy (non-hydrogen) atoms. The molecular formula is C14H20N6O4. The second kappa shape index (κ2) is 6.69. The SMILES string of the molecule is CCOC(=O)C/C(C)=N\Nc1nc2c(c(=O)n(C)c(=O)n2C)n1C. The number of hydrogen-bond donors (Lipinski definition) is 1. The number of rotatable bonds is 5. The fourth-order valence-corrected chi connectivity index (χ4v) is 2.22. The number of ether oxygens (including phenoxy) is 1. The molecule has 0 radical (unpaired) electrons. The van der Waals surface area contributed by atoms with Crippen molar-refractivity contribution in [3.63, 3.8) is 0 Å². The van der Waals surface area contributed by atoms with Gasteiger partial charge in [-0.1, -0.05) is 0 Å². The van der Waals surface area contributed by atoms with Gasteiger partial charge in [0, 0.05) is 26.9 Å². The van der Waals surface area contributed by atoms with Crippen LogP contribution in [0.25, 0.3) is 11.2 Å². The Balaban J connectivity index is 2.38. The first kappa shape index (κ1) is 17.4. The fourth-order valence-electron chi connectivity index (χ4n) is 2.22. The van der Waals surface area contributed by atoms with Gasteiger partial charge in [-0.3, -0.25) is 18.7 Å². The molecular weight excluding hydrogens is 316 g/mol. The summed E-state index contributed by atoms with van der Waals surface area (Å²) in [6, 6.07) is 0. The number of nitrogens with one attached hydrogen (secondary N) is 1. The number of hydrogen-bond acceptors (Lipinski definition) is 7. The van der Waals surface area contributed by atoms with Gasteiger partial charge in [-0.05, 0) is 13.8 Å². The second-order valence-corrected chi connectivity index (χ2v) is 5.31. The summed E-state index contributed by atoms with van der Waals surface area (Å²) in [7, 11) is 4.59. The third-order valence-electron chi connectivity index (χ3n) is 3.53. The zero-order valence-electron chi connectivity index (χ0n) is 14.3. The van der Waals surface area contributed by atoms with Crippen molar-refractivity contribution in [3.05, 3.63) is 20.8 Å². The maximum atomic E-state index is 12.3. The summed E-state index contributed by atoms with van der Waals surface area (Å²) < 4.78 is 8.66. The summed E-state index contributed by atoms with van der Waals surface area (Å²) in [5.74, 6) is -0.0895. The van der Waals surface area contributed by atoms with Gasteiger partial charge < -0.3 is 9.30 Å². The van der Waals surface area contributed by atoms with Crippen molar-refractivity contribution in [2.45, 2.75) is 20.3 Å². The summed E-state index contributed by atoms with van der Waals surface area (Å²) in [5, 5.41) is 4.06. The average Bonchev–Trinajstić information content (AvgIpc) is 2.86. The van der Waals surface area contributed by atoms with E-state index in [0.717, 1.165) is 4.57 Å². The van der Waals surface area contributed by atoms with Crippen LogP contribution in [0.1, 0.15) is 20.3 Å². The molecule has 0 atom stereocenters. The van der Waals surface area contributed by atoms with Crippen LogP contribution in [0.4, 0.5) is 5.95 Å². The maximum absolute atomic E-state index is 12.3. The lowest BCUT2D eigenvalue weighted by Crippen LogP contribution is -2.37. The van der Waals surface area contributed by atoms with Gasteiger partial charge in [0.05, 0.1) is 13.0 Å². The number of esters is 1. The molecule has 0 aromatic carbocycles. The smallest absolute Gasteiger partial charge is 0.332 e. The highest BCUT2D eigenvalue weighted by molar-refractivity contribution is 5.97. The Bertz CT molecular complexity index is 933. The van der Waals surface area contributed by atoms with Crippen LogP contribution in [0.3, 0.4) is 0 Å². The Kier molecular flexibility index (Phi) is 4.86. The molecule has 1 N–H and O–H groups in total. The second-order valence-electron chi connectivity index (χ2n) is 5.31. The molecule has 2 aromatic heterocycles. The largest absolute Gasteiger partial charge is 0.466 e. The number of imidazole rings is 1. The number of aryl methyl sites for hydroxylation is 2. The first-order chi connectivity index (χ1) is 11.3. The lowest BCUT2D eigenvalue weighted by Gasteiger charge is -2.04. The summed E-state index contributed by atoms with van der Waals surface area (Å²) in [5.41, 5.74) is 2.85. The molecule has 10 heteroatoms. The van der Waals surface area contributed by atoms with Crippen molar-refractivity contribution in [1.29, 1.82) is 0 Å². The topological polar surface area (TPSA) is 113 Å². The zero-order chi connectivity index (χ0) is 18.0. The number of aromatic nitrogens is 4. The first-order valence-corrected chi connectivity index (χ1v) is 7.35. The molecule has 10 nitrogen and oxygen atoms in total. The molecule has 2 heterocycles. The van der Waals surface area contributed by atoms with Gasteiger partial charge in [0.1, 0.15) is 0 Å². The van der Waals surface area contributed by atoms with E-state index < -0.39 is 11.2 Å². The Morgan fingerprint density at radius 2 is 1.88 bits per heavy atom. The number of carbonyl (C=O) groups is 1. The minimum absolute atomic E-state index is 0.0467. The summed E-state index contributed by atoms with van der Waals surface area (Å²) >= 11 is 0. The van der Waals surface area contributed by atoms with E-state index in [-0.39, 0.29) is 29.5 Å². The molecule has 2 rings (SSSR count). The molecule has 0 fully saturated rings. The molecule has 0 bridgehead atoms. The predicted octanol–water partition coefficient (Wildman–Crippen LogP) is -0.288. The highest BCUT2D eigenvalue weighted by Gasteiger charge is 2.16. The van der Waals surface area contributed by atoms with Crippen molar-refractivity contribution < 1.29 is 9.53 Å². The van der Waals surface area contributed by atoms with Crippen LogP contribution in [0.15, 0.2) is 14.7 Å². The number of anilines is 1. The van der Waals surface area contributed by atoms with Crippen molar-refractivity contribution in [2.24, 2.45) is 26.2 Å². The molecule has 0 aliphatic carbocycles. The molecule has 2 aromatic rings. The van der Waals surface area contributed by atoms with Crippen molar-refractivity contribution in [1.82, 2.24) is 18.7 Å². The molecule has 0 saturated heterocycles. The van der Waals surface area contributed by atoms with E-state index in [4.69, 9.17) is 4.74 Å². The number of carbonyl (C=O) groups excluding carboxylic acids is 1. The van der Waals surface area contributed by atoms with Gasteiger partial charge >= 0.3 is 11.7 Å². The van der Waals surface area contributed by atoms with E-state index in [1.54, 1.807) is 20.9 Å². The maximum Gasteiger partial charge on any atom is 0.332 e. The monoisotopic (exact) mass is 336 g/mol. The van der Waals surface area contributed by atoms with Crippen LogP contribution < -0.4 is 16.7 Å². The zero-order valence-corrected chi connectivity index (χ0v) is 14.3. The van der Waals surface area contributed by atoms with Crippen LogP contribution in [0, 0.1) is 0 Å². The van der Waals surface area contributed by atoms with Crippen molar-refractivity contribution in [3.8, 4) is 0 Å². The lowest BCUT2D eigenvalue weighted by molar-refractivity contribution is -0.141. The number of nitrogens with zero attached hydrogens (tertiary/aromatic N) is 5. The third-order valence-corrected chi connectivity index (χ3v) is 3.53. The van der Waals surface area contributed by atoms with Crippen LogP contribution in [0.2, 0.25) is 0 Å². The molecule has 0 saturated carbocycles. The van der Waals surface area contributed by atoms with Gasteiger partial charge in [-0.2, -0.15) is 10.1 Å². The van der Waals surface area contributed by atoms with Gasteiger partial charge in [0.25, 0.3) is 5.56 Å². The van der Waals surface area contributed by atoms with E-state index >= 15 is 0 Å². The minimum Gasteiger partial charge on any atom is -0.466 e. The minimum atomic E-state index is -0.459. The quantitative estimate of drug-likeness (QED) is 0.456. The standard InChI is InChI=1S/C14H20N6O4/c1-6-24-9(21)7-8(2)16-17-13-15-11-10(18(13)3)12(22)20(5)14(23)19(11)4/h6-7H2,1-5H3,(H,15,17)/b16-8-. The molecule has 0 aliphatic rings. The van der Waals surface area contributed by atoms with E-state index in [9.17, 15) is 14.4 Å². The Morgan fingerprint density at radius 3 is 2.50 bits per heavy atom. The van der Waals surface area contributed by atoms with Crippen molar-refractivity contribution in [2.75, 3.05) is 12.0 Å². The normalized spacial score (nSPS) is 11.8. The van der Waals surface area contributed by atoms with Crippen LogP contribution >= 0.6 is 0 Å². The van der Waals surface area contributed by atoms with Gasteiger partial charge in [-0.25, -0.2) is 10.2 Å². The van der Waals surface area contributed by atoms with Crippen LogP contribution in [0.5, 0.6) is 0 Å². The van der Waals surface area contributed by atoms with Crippen molar-refractivity contribution >= 4 is 28.8 Å². The van der Waals surface area contributed by atoms with Gasteiger partial charge in [0.2, 0.25) is 5.95 Å². The Labute approximate surface area is 137 Å². The van der Waals surface area contributed by atoms with E-state index in [1.165, 1.54) is 23.2 Å². The van der Waals surface area contributed by atoms with Crippen LogP contribution in [-0.2, 0) is 30.7 Å². The van der Waals surface area contributed by atoms with E-state index in [0.29, 0.717) is 12.3 Å². The third kappa shape index (κ3) is 3.07. The number of fused-ring (bicyclic) bond motifs is 1. The highest BCUT2D eigenvalue weighted by atomic mass is 16.5. The summed E-state index contributed by atoms with van der Waals surface area (Å²) in [6.45, 7) is 3.70. The molecule has 0 spiro atoms. The van der Waals surface area contributed by atoms with Crippen LogP contribution in [-0.4, -0.2) is 37.0 Å². The molecule has 0 amide bonds. The first-order valence-electron chi connectivity index (χ1n) is 7.35. The lowest BCUT2D eigenvalue weighted by atomic mass is 10.3. The average molecular weight is 336 g/mol. The Morgan fingerprint density at radius 1 is 1.21 bits per heavy atom. The highest BCUT2D eigenvalue weighted by Crippen LogP contribution is 2.13. The predicted molar refractivity (Wildman–Crippen MR) is 89.2 cm³/mol. The fraction of sp³-hybridized carbons (Fsp3) is 0.500. The summed E-state index contributed by atoms with van der Waals surface area (Å²) in [4.78, 5) is 39.8. The summed E-state index contributed by atoms with van der Waals surface area (Å²) in [6.07, 6.45) is 0.0467.